The van der Waals surface area contributed by atoms with Gasteiger partial charge in [-0.25, -0.2) is 4.79 Å². The van der Waals surface area contributed by atoms with Gasteiger partial charge in [-0.15, -0.1) is 10.2 Å². The zero-order valence-electron chi connectivity index (χ0n) is 12.2. The summed E-state index contributed by atoms with van der Waals surface area (Å²) in [5, 5.41) is 17.3. The van der Waals surface area contributed by atoms with Crippen molar-refractivity contribution < 1.29 is 14.6 Å². The highest BCUT2D eigenvalue weighted by atomic mass is 16.5. The van der Waals surface area contributed by atoms with Crippen LogP contribution in [0.5, 0.6) is 0 Å². The molecule has 0 atom stereocenters. The molecule has 4 rings (SSSR count). The quantitative estimate of drug-likeness (QED) is 0.734. The Morgan fingerprint density at radius 1 is 1.30 bits per heavy atom. The third-order valence-corrected chi connectivity index (χ3v) is 4.21. The summed E-state index contributed by atoms with van der Waals surface area (Å²) in [6, 6.07) is 4.64. The summed E-state index contributed by atoms with van der Waals surface area (Å²) in [6.07, 6.45) is 1.64. The van der Waals surface area contributed by atoms with Crippen molar-refractivity contribution in [2.24, 2.45) is 0 Å². The number of nitrogens with zero attached hydrogens (tertiary/aromatic N) is 3. The average molecular weight is 314 g/mol. The molecule has 8 heteroatoms. The van der Waals surface area contributed by atoms with Crippen LogP contribution in [0.4, 0.5) is 0 Å². The number of benzene rings is 1. The molecule has 23 heavy (non-hydrogen) atoms. The summed E-state index contributed by atoms with van der Waals surface area (Å²) >= 11 is 0. The summed E-state index contributed by atoms with van der Waals surface area (Å²) in [6.45, 7) is 1.31. The van der Waals surface area contributed by atoms with E-state index in [4.69, 9.17) is 9.84 Å². The van der Waals surface area contributed by atoms with Crippen LogP contribution < -0.4 is 5.56 Å². The van der Waals surface area contributed by atoms with Crippen LogP contribution in [0.15, 0.2) is 23.0 Å². The van der Waals surface area contributed by atoms with Gasteiger partial charge in [0.2, 0.25) is 5.65 Å². The van der Waals surface area contributed by atoms with Gasteiger partial charge >= 0.3 is 5.97 Å². The number of hydrogen-bond acceptors (Lipinski definition) is 5. The number of hydrogen-bond donors (Lipinski definition) is 2. The number of carboxylic acid groups (broad SMARTS) is 1. The van der Waals surface area contributed by atoms with E-state index in [0.29, 0.717) is 24.2 Å². The maximum absolute atomic E-state index is 12.2. The van der Waals surface area contributed by atoms with Gasteiger partial charge in [-0.05, 0) is 31.0 Å². The molecule has 8 nitrogen and oxygen atoms in total. The molecule has 0 bridgehead atoms. The Bertz CT molecular complexity index is 969. The number of aromatic amines is 1. The first kappa shape index (κ1) is 13.9. The van der Waals surface area contributed by atoms with Crippen LogP contribution in [0.2, 0.25) is 0 Å². The molecule has 1 aliphatic rings. The molecule has 2 N–H and O–H groups in total. The maximum atomic E-state index is 12.2. The van der Waals surface area contributed by atoms with Crippen molar-refractivity contribution in [3.8, 4) is 0 Å². The molecular weight excluding hydrogens is 300 g/mol. The van der Waals surface area contributed by atoms with Crippen molar-refractivity contribution in [1.29, 1.82) is 0 Å². The first-order valence-electron chi connectivity index (χ1n) is 7.37. The Labute approximate surface area is 129 Å². The number of rotatable bonds is 2. The van der Waals surface area contributed by atoms with E-state index in [1.165, 1.54) is 12.1 Å². The highest BCUT2D eigenvalue weighted by Crippen LogP contribution is 2.27. The molecule has 0 unspecified atom stereocenters. The highest BCUT2D eigenvalue weighted by molar-refractivity contribution is 5.92. The van der Waals surface area contributed by atoms with Crippen LogP contribution in [0.3, 0.4) is 0 Å². The molecular formula is C15H14N4O4. The molecule has 0 spiro atoms. The van der Waals surface area contributed by atoms with Gasteiger partial charge in [0.1, 0.15) is 5.82 Å². The molecule has 0 radical (unpaired) electrons. The van der Waals surface area contributed by atoms with Crippen LogP contribution in [0.1, 0.15) is 34.9 Å². The Morgan fingerprint density at radius 2 is 2.09 bits per heavy atom. The number of aromatic carboxylic acids is 1. The topological polar surface area (TPSA) is 110 Å². The fourth-order valence-corrected chi connectivity index (χ4v) is 3.04. The van der Waals surface area contributed by atoms with Gasteiger partial charge in [0.05, 0.1) is 16.6 Å². The maximum Gasteiger partial charge on any atom is 0.335 e. The fourth-order valence-electron chi connectivity index (χ4n) is 3.04. The summed E-state index contributed by atoms with van der Waals surface area (Å²) < 4.78 is 7.10. The van der Waals surface area contributed by atoms with Gasteiger partial charge < -0.3 is 14.8 Å². The Kier molecular flexibility index (Phi) is 3.12. The summed E-state index contributed by atoms with van der Waals surface area (Å²) in [7, 11) is 0. The van der Waals surface area contributed by atoms with Gasteiger partial charge in [-0.1, -0.05) is 0 Å². The van der Waals surface area contributed by atoms with E-state index in [0.717, 1.165) is 18.7 Å². The van der Waals surface area contributed by atoms with E-state index in [1.807, 2.05) is 0 Å². The lowest BCUT2D eigenvalue weighted by molar-refractivity contribution is 0.0697. The minimum atomic E-state index is -1.04. The van der Waals surface area contributed by atoms with Crippen molar-refractivity contribution in [2.75, 3.05) is 13.2 Å². The van der Waals surface area contributed by atoms with Crippen molar-refractivity contribution in [3.63, 3.8) is 0 Å². The van der Waals surface area contributed by atoms with Gasteiger partial charge in [0.25, 0.3) is 5.56 Å². The van der Waals surface area contributed by atoms with Gasteiger partial charge in [0.15, 0.2) is 0 Å². The highest BCUT2D eigenvalue weighted by Gasteiger charge is 2.23. The standard InChI is InChI=1S/C15H14N4O4/c20-14-13-18-17-12(8-3-5-23-6-4-8)19(13)11-2-1-9(15(21)22)7-10(11)16-14/h1-2,7-8H,3-6H2,(H,16,20)(H,21,22). The first-order valence-corrected chi connectivity index (χ1v) is 7.37. The van der Waals surface area contributed by atoms with Crippen molar-refractivity contribution in [2.45, 2.75) is 18.8 Å². The second-order valence-electron chi connectivity index (χ2n) is 5.60. The first-order chi connectivity index (χ1) is 11.1. The van der Waals surface area contributed by atoms with E-state index in [2.05, 4.69) is 15.2 Å². The van der Waals surface area contributed by atoms with E-state index in [-0.39, 0.29) is 22.7 Å². The lowest BCUT2D eigenvalue weighted by Crippen LogP contribution is -2.18. The largest absolute Gasteiger partial charge is 0.478 e. The van der Waals surface area contributed by atoms with Crippen LogP contribution in [0.25, 0.3) is 16.7 Å². The van der Waals surface area contributed by atoms with E-state index >= 15 is 0 Å². The predicted molar refractivity (Wildman–Crippen MR) is 80.9 cm³/mol. The van der Waals surface area contributed by atoms with Crippen molar-refractivity contribution in [1.82, 2.24) is 19.6 Å². The number of H-pyrrole nitrogens is 1. The van der Waals surface area contributed by atoms with Crippen LogP contribution in [-0.2, 0) is 4.74 Å². The van der Waals surface area contributed by atoms with E-state index in [1.54, 1.807) is 10.5 Å². The molecule has 0 amide bonds. The molecule has 3 heterocycles. The zero-order chi connectivity index (χ0) is 16.0. The third-order valence-electron chi connectivity index (χ3n) is 4.21. The Balaban J connectivity index is 2.00. The van der Waals surface area contributed by atoms with E-state index < -0.39 is 5.97 Å². The number of fused-ring (bicyclic) bond motifs is 3. The summed E-state index contributed by atoms with van der Waals surface area (Å²) in [4.78, 5) is 26.0. The molecule has 1 aliphatic heterocycles. The fraction of sp³-hybridized carbons (Fsp3) is 0.333. The summed E-state index contributed by atoms with van der Waals surface area (Å²) in [5.41, 5.74) is 1.10. The minimum absolute atomic E-state index is 0.119. The lowest BCUT2D eigenvalue weighted by Gasteiger charge is -2.20. The third kappa shape index (κ3) is 2.18. The van der Waals surface area contributed by atoms with Crippen LogP contribution >= 0.6 is 0 Å². The predicted octanol–water partition coefficient (Wildman–Crippen LogP) is 1.16. The Hall–Kier alpha value is -2.74. The van der Waals surface area contributed by atoms with Gasteiger partial charge in [-0.2, -0.15) is 0 Å². The number of nitrogens with one attached hydrogen (secondary N) is 1. The van der Waals surface area contributed by atoms with Crippen molar-refractivity contribution in [3.05, 3.63) is 39.9 Å². The zero-order valence-corrected chi connectivity index (χ0v) is 12.2. The molecule has 118 valence electrons. The van der Waals surface area contributed by atoms with Gasteiger partial charge in [0, 0.05) is 19.1 Å². The SMILES string of the molecule is O=C(O)c1ccc2c(c1)[nH]c(=O)c1nnc(C3CCOCC3)n12. The number of carbonyl (C=O) groups is 1. The molecule has 1 saturated heterocycles. The minimum Gasteiger partial charge on any atom is -0.478 e. The summed E-state index contributed by atoms with van der Waals surface area (Å²) in [5.74, 6) is -0.147. The molecule has 0 saturated carbocycles. The molecule has 3 aromatic rings. The number of carboxylic acids is 1. The second-order valence-corrected chi connectivity index (χ2v) is 5.60. The van der Waals surface area contributed by atoms with Crippen LogP contribution in [-0.4, -0.2) is 43.9 Å². The lowest BCUT2D eigenvalue weighted by atomic mass is 9.99. The molecule has 1 aromatic carbocycles. The van der Waals surface area contributed by atoms with Crippen molar-refractivity contribution >= 4 is 22.6 Å². The second kappa shape index (κ2) is 5.17. The van der Waals surface area contributed by atoms with E-state index in [9.17, 15) is 9.59 Å². The van der Waals surface area contributed by atoms with Crippen LogP contribution in [0, 0.1) is 0 Å². The molecule has 2 aromatic heterocycles. The average Bonchev–Trinajstić information content (AvgIpc) is 3.01. The normalized spacial score (nSPS) is 16.2. The Morgan fingerprint density at radius 3 is 2.83 bits per heavy atom. The number of aromatic nitrogens is 4. The molecule has 1 fully saturated rings. The smallest absolute Gasteiger partial charge is 0.335 e. The van der Waals surface area contributed by atoms with Gasteiger partial charge in [-0.3, -0.25) is 9.20 Å². The molecule has 0 aliphatic carbocycles. The monoisotopic (exact) mass is 314 g/mol. The number of ether oxygens (including phenoxy) is 1.